The molecule has 3 nitrogen and oxygen atoms in total. The summed E-state index contributed by atoms with van der Waals surface area (Å²) < 4.78 is 12.1. The first-order valence-electron chi connectivity index (χ1n) is 5.33. The van der Waals surface area contributed by atoms with Crippen molar-refractivity contribution in [1.82, 2.24) is 4.98 Å². The van der Waals surface area contributed by atoms with E-state index in [1.54, 1.807) is 6.20 Å². The van der Waals surface area contributed by atoms with Crippen LogP contribution in [0.1, 0.15) is 5.56 Å². The third-order valence-corrected chi connectivity index (χ3v) is 3.91. The van der Waals surface area contributed by atoms with Crippen molar-refractivity contribution in [2.45, 2.75) is 11.4 Å². The number of fused-ring (bicyclic) bond motifs is 1. The molecule has 0 N–H and O–H groups in total. The van der Waals surface area contributed by atoms with E-state index in [4.69, 9.17) is 0 Å². The van der Waals surface area contributed by atoms with Gasteiger partial charge >= 0.3 is 0 Å². The van der Waals surface area contributed by atoms with Crippen LogP contribution in [0.5, 0.6) is 0 Å². The first kappa shape index (κ1) is 10.4. The van der Waals surface area contributed by atoms with E-state index in [2.05, 4.69) is 9.98 Å². The summed E-state index contributed by atoms with van der Waals surface area (Å²) in [6, 6.07) is 13.6. The monoisotopic (exact) mass is 242 g/mol. The van der Waals surface area contributed by atoms with Crippen LogP contribution in [0.15, 0.2) is 58.7 Å². The van der Waals surface area contributed by atoms with Gasteiger partial charge in [-0.05, 0) is 17.7 Å². The minimum Gasteiger partial charge on any atom is -0.246 e. The lowest BCUT2D eigenvalue weighted by molar-refractivity contribution is 0.688. The van der Waals surface area contributed by atoms with E-state index < -0.39 is 10.8 Å². The van der Waals surface area contributed by atoms with E-state index >= 15 is 0 Å². The van der Waals surface area contributed by atoms with E-state index in [9.17, 15) is 4.21 Å². The van der Waals surface area contributed by atoms with Crippen LogP contribution in [0, 0.1) is 0 Å². The zero-order chi connectivity index (χ0) is 11.7. The summed E-state index contributed by atoms with van der Waals surface area (Å²) in [6.45, 7) is 0. The zero-order valence-electron chi connectivity index (χ0n) is 9.04. The lowest BCUT2D eigenvalue weighted by Gasteiger charge is -1.99. The second-order valence-corrected chi connectivity index (χ2v) is 5.16. The van der Waals surface area contributed by atoms with Gasteiger partial charge in [-0.15, -0.1) is 0 Å². The molecule has 0 amide bonds. The second-order valence-electron chi connectivity index (χ2n) is 3.76. The molecule has 1 atom stereocenters. The highest BCUT2D eigenvalue weighted by molar-refractivity contribution is 8.01. The Bertz CT molecular complexity index is 608. The van der Waals surface area contributed by atoms with Gasteiger partial charge in [-0.25, -0.2) is 14.2 Å². The van der Waals surface area contributed by atoms with E-state index in [0.29, 0.717) is 16.5 Å². The Hall–Kier alpha value is -1.81. The Labute approximate surface area is 102 Å². The maximum absolute atomic E-state index is 12.1. The van der Waals surface area contributed by atoms with Crippen LogP contribution in [-0.2, 0) is 17.2 Å². The molecule has 1 aromatic heterocycles. The molecular weight excluding hydrogens is 232 g/mol. The summed E-state index contributed by atoms with van der Waals surface area (Å²) in [5.41, 5.74) is 1.85. The smallest absolute Gasteiger partial charge is 0.159 e. The van der Waals surface area contributed by atoms with E-state index in [1.807, 2.05) is 42.5 Å². The molecule has 84 valence electrons. The van der Waals surface area contributed by atoms with Crippen LogP contribution in [0.2, 0.25) is 0 Å². The fourth-order valence-electron chi connectivity index (χ4n) is 1.77. The largest absolute Gasteiger partial charge is 0.246 e. The molecule has 1 aliphatic heterocycles. The summed E-state index contributed by atoms with van der Waals surface area (Å²) in [5, 5.41) is 1.27. The van der Waals surface area contributed by atoms with Crippen LogP contribution in [0.3, 0.4) is 0 Å². The Kier molecular flexibility index (Phi) is 2.57. The summed E-state index contributed by atoms with van der Waals surface area (Å²) >= 11 is 0. The number of pyridine rings is 1. The summed E-state index contributed by atoms with van der Waals surface area (Å²) in [5.74, 6) is 0. The Balaban J connectivity index is 1.91. The van der Waals surface area contributed by atoms with Crippen molar-refractivity contribution >= 4 is 21.5 Å². The molecule has 1 aromatic carbocycles. The number of hydrogen-bond acceptors (Lipinski definition) is 3. The molecule has 17 heavy (non-hydrogen) atoms. The fraction of sp³-hybridized carbons (Fsp3) is 0.0769. The van der Waals surface area contributed by atoms with Crippen molar-refractivity contribution in [2.24, 2.45) is 4.99 Å². The highest BCUT2D eigenvalue weighted by Gasteiger charge is 2.23. The van der Waals surface area contributed by atoms with Crippen LogP contribution >= 0.6 is 0 Å². The predicted molar refractivity (Wildman–Crippen MR) is 67.9 cm³/mol. The predicted octanol–water partition coefficient (Wildman–Crippen LogP) is 2.48. The molecular formula is C13H10N2OS. The molecule has 0 spiro atoms. The van der Waals surface area contributed by atoms with Crippen molar-refractivity contribution in [2.75, 3.05) is 0 Å². The normalized spacial score (nSPS) is 17.6. The summed E-state index contributed by atoms with van der Waals surface area (Å²) in [7, 11) is -1.20. The van der Waals surface area contributed by atoms with Crippen molar-refractivity contribution < 1.29 is 4.21 Å². The lowest BCUT2D eigenvalue weighted by Crippen LogP contribution is -2.07. The van der Waals surface area contributed by atoms with Gasteiger partial charge in [0.15, 0.2) is 5.03 Å². The lowest BCUT2D eigenvalue weighted by atomic mass is 10.2. The molecule has 4 heteroatoms. The average Bonchev–Trinajstić information content (AvgIpc) is 2.68. The number of hydrogen-bond donors (Lipinski definition) is 0. The van der Waals surface area contributed by atoms with Crippen molar-refractivity contribution in [3.63, 3.8) is 0 Å². The quantitative estimate of drug-likeness (QED) is 0.812. The number of rotatable bonds is 2. The van der Waals surface area contributed by atoms with Gasteiger partial charge in [-0.2, -0.15) is 0 Å². The molecule has 0 saturated carbocycles. The molecule has 0 aliphatic carbocycles. The molecule has 0 fully saturated rings. The molecule has 1 aliphatic rings. The topological polar surface area (TPSA) is 42.3 Å². The minimum atomic E-state index is -1.20. The van der Waals surface area contributed by atoms with Crippen LogP contribution in [-0.4, -0.2) is 14.2 Å². The second kappa shape index (κ2) is 4.22. The first-order chi connectivity index (χ1) is 8.34. The molecule has 0 bridgehead atoms. The van der Waals surface area contributed by atoms with E-state index in [0.717, 1.165) is 11.3 Å². The van der Waals surface area contributed by atoms with Gasteiger partial charge in [-0.3, -0.25) is 0 Å². The Morgan fingerprint density at radius 1 is 1.06 bits per heavy atom. The number of benzene rings is 1. The van der Waals surface area contributed by atoms with Gasteiger partial charge in [0.1, 0.15) is 15.8 Å². The minimum absolute atomic E-state index is 0.582. The molecule has 2 aromatic rings. The van der Waals surface area contributed by atoms with Crippen molar-refractivity contribution in [3.05, 3.63) is 54.2 Å². The first-order valence-corrected chi connectivity index (χ1v) is 6.48. The summed E-state index contributed by atoms with van der Waals surface area (Å²) in [6.07, 6.45) is 2.27. The number of aliphatic imine (C=N–C) groups is 1. The van der Waals surface area contributed by atoms with Gasteiger partial charge in [0.25, 0.3) is 0 Å². The van der Waals surface area contributed by atoms with Crippen LogP contribution in [0.25, 0.3) is 0 Å². The molecule has 1 unspecified atom stereocenters. The summed E-state index contributed by atoms with van der Waals surface area (Å²) in [4.78, 5) is 8.50. The Morgan fingerprint density at radius 2 is 1.88 bits per heavy atom. The number of nitrogens with zero attached hydrogens (tertiary/aromatic N) is 2. The average molecular weight is 242 g/mol. The standard InChI is InChI=1S/C13H10N2OS/c16-17-12(9-10-5-2-1-3-6-10)15-11-7-4-8-14-13(11)17/h1-8H,9H2. The van der Waals surface area contributed by atoms with Gasteiger partial charge in [0.05, 0.1) is 5.69 Å². The molecule has 2 heterocycles. The van der Waals surface area contributed by atoms with Gasteiger partial charge < -0.3 is 0 Å². The van der Waals surface area contributed by atoms with E-state index in [-0.39, 0.29) is 0 Å². The fourth-order valence-corrected chi connectivity index (χ4v) is 2.94. The Morgan fingerprint density at radius 3 is 2.65 bits per heavy atom. The highest BCUT2D eigenvalue weighted by atomic mass is 32.2. The molecule has 0 saturated heterocycles. The van der Waals surface area contributed by atoms with Crippen LogP contribution in [0.4, 0.5) is 5.69 Å². The molecule has 0 radical (unpaired) electrons. The molecule has 3 rings (SSSR count). The third kappa shape index (κ3) is 1.91. The van der Waals surface area contributed by atoms with Crippen molar-refractivity contribution in [3.8, 4) is 0 Å². The van der Waals surface area contributed by atoms with Crippen molar-refractivity contribution in [1.29, 1.82) is 0 Å². The zero-order valence-corrected chi connectivity index (χ0v) is 9.85. The maximum atomic E-state index is 12.1. The van der Waals surface area contributed by atoms with Gasteiger partial charge in [-0.1, -0.05) is 30.3 Å². The van der Waals surface area contributed by atoms with E-state index in [1.165, 1.54) is 0 Å². The van der Waals surface area contributed by atoms with Gasteiger partial charge in [0.2, 0.25) is 0 Å². The number of aromatic nitrogens is 1. The highest BCUT2D eigenvalue weighted by Crippen LogP contribution is 2.28. The third-order valence-electron chi connectivity index (χ3n) is 2.58. The SMILES string of the molecule is O=S1C(Cc2ccccc2)=Nc2cccnc21. The van der Waals surface area contributed by atoms with Gasteiger partial charge in [0, 0.05) is 12.6 Å². The maximum Gasteiger partial charge on any atom is 0.159 e. The van der Waals surface area contributed by atoms with Crippen LogP contribution < -0.4 is 0 Å².